The van der Waals surface area contributed by atoms with E-state index in [4.69, 9.17) is 9.84 Å². The van der Waals surface area contributed by atoms with Gasteiger partial charge in [-0.3, -0.25) is 4.79 Å². The first-order chi connectivity index (χ1) is 8.54. The molecule has 0 amide bonds. The Kier molecular flexibility index (Phi) is 3.52. The Morgan fingerprint density at radius 3 is 2.83 bits per heavy atom. The van der Waals surface area contributed by atoms with Gasteiger partial charge in [0.2, 0.25) is 0 Å². The third kappa shape index (κ3) is 2.18. The van der Waals surface area contributed by atoms with Crippen molar-refractivity contribution < 1.29 is 19.0 Å². The van der Waals surface area contributed by atoms with Gasteiger partial charge in [0.1, 0.15) is 11.6 Å². The van der Waals surface area contributed by atoms with E-state index in [2.05, 4.69) is 5.32 Å². The van der Waals surface area contributed by atoms with Gasteiger partial charge in [0.15, 0.2) is 0 Å². The molecule has 1 fully saturated rings. The quantitative estimate of drug-likeness (QED) is 0.863. The number of hydrogen-bond acceptors (Lipinski definition) is 3. The highest BCUT2D eigenvalue weighted by Gasteiger charge is 2.32. The van der Waals surface area contributed by atoms with Gasteiger partial charge in [-0.2, -0.15) is 0 Å². The topological polar surface area (TPSA) is 58.6 Å². The van der Waals surface area contributed by atoms with Crippen molar-refractivity contribution >= 4 is 5.97 Å². The molecule has 1 aliphatic heterocycles. The summed E-state index contributed by atoms with van der Waals surface area (Å²) in [6, 6.07) is 2.77. The molecule has 0 radical (unpaired) electrons. The Labute approximate surface area is 105 Å². The standard InChI is InChI=1S/C13H16FNO3/c1-7-9(14)3-4-11(18-2)12(7)10-5-8(6-15-10)13(16)17/h3-4,8,10,15H,5-6H2,1-2H3,(H,16,17). The maximum Gasteiger partial charge on any atom is 0.307 e. The molecule has 5 heteroatoms. The Morgan fingerprint density at radius 2 is 2.28 bits per heavy atom. The number of hydrogen-bond donors (Lipinski definition) is 2. The summed E-state index contributed by atoms with van der Waals surface area (Å²) in [6.45, 7) is 2.09. The van der Waals surface area contributed by atoms with E-state index in [9.17, 15) is 9.18 Å². The number of halogens is 1. The average Bonchev–Trinajstić information content (AvgIpc) is 2.81. The molecule has 98 valence electrons. The fourth-order valence-electron chi connectivity index (χ4n) is 2.43. The van der Waals surface area contributed by atoms with Gasteiger partial charge >= 0.3 is 5.97 Å². The van der Waals surface area contributed by atoms with Crippen molar-refractivity contribution in [2.45, 2.75) is 19.4 Å². The highest BCUT2D eigenvalue weighted by molar-refractivity contribution is 5.71. The highest BCUT2D eigenvalue weighted by atomic mass is 19.1. The molecule has 0 bridgehead atoms. The fraction of sp³-hybridized carbons (Fsp3) is 0.462. The third-order valence-corrected chi connectivity index (χ3v) is 3.46. The molecule has 2 rings (SSSR count). The number of ether oxygens (including phenoxy) is 1. The van der Waals surface area contributed by atoms with Crippen LogP contribution >= 0.6 is 0 Å². The van der Waals surface area contributed by atoms with Gasteiger partial charge in [-0.25, -0.2) is 4.39 Å². The van der Waals surface area contributed by atoms with Crippen molar-refractivity contribution in [1.82, 2.24) is 5.32 Å². The summed E-state index contributed by atoms with van der Waals surface area (Å²) in [6.07, 6.45) is 0.454. The average molecular weight is 253 g/mol. The van der Waals surface area contributed by atoms with Crippen molar-refractivity contribution in [1.29, 1.82) is 0 Å². The molecule has 1 saturated heterocycles. The van der Waals surface area contributed by atoms with E-state index in [1.165, 1.54) is 13.2 Å². The van der Waals surface area contributed by atoms with Gasteiger partial charge in [-0.15, -0.1) is 0 Å². The van der Waals surface area contributed by atoms with Crippen LogP contribution in [-0.4, -0.2) is 24.7 Å². The zero-order valence-corrected chi connectivity index (χ0v) is 10.4. The first-order valence-corrected chi connectivity index (χ1v) is 5.83. The lowest BCUT2D eigenvalue weighted by molar-refractivity contribution is -0.141. The second kappa shape index (κ2) is 4.94. The van der Waals surface area contributed by atoms with E-state index in [-0.39, 0.29) is 11.9 Å². The molecule has 1 aromatic carbocycles. The van der Waals surface area contributed by atoms with E-state index in [0.29, 0.717) is 24.3 Å². The summed E-state index contributed by atoms with van der Waals surface area (Å²) in [5.74, 6) is -0.954. The Bertz CT molecular complexity index is 476. The van der Waals surface area contributed by atoms with Gasteiger partial charge in [-0.05, 0) is 31.0 Å². The summed E-state index contributed by atoms with van der Waals surface area (Å²) >= 11 is 0. The summed E-state index contributed by atoms with van der Waals surface area (Å²) in [5, 5.41) is 12.1. The molecule has 2 unspecified atom stereocenters. The number of carboxylic acid groups (broad SMARTS) is 1. The molecular weight excluding hydrogens is 237 g/mol. The SMILES string of the molecule is COc1ccc(F)c(C)c1C1CC(C(=O)O)CN1. The zero-order valence-electron chi connectivity index (χ0n) is 10.4. The van der Waals surface area contributed by atoms with Crippen LogP contribution in [0.25, 0.3) is 0 Å². The first kappa shape index (κ1) is 12.8. The Morgan fingerprint density at radius 1 is 1.56 bits per heavy atom. The molecule has 4 nitrogen and oxygen atoms in total. The lowest BCUT2D eigenvalue weighted by Crippen LogP contribution is -2.18. The van der Waals surface area contributed by atoms with Crippen molar-refractivity contribution in [2.24, 2.45) is 5.92 Å². The van der Waals surface area contributed by atoms with Gasteiger partial charge in [-0.1, -0.05) is 0 Å². The summed E-state index contributed by atoms with van der Waals surface area (Å²) in [7, 11) is 1.53. The highest BCUT2D eigenvalue weighted by Crippen LogP contribution is 2.36. The van der Waals surface area contributed by atoms with E-state index < -0.39 is 11.9 Å². The number of rotatable bonds is 3. The maximum absolute atomic E-state index is 13.6. The lowest BCUT2D eigenvalue weighted by Gasteiger charge is -2.18. The zero-order chi connectivity index (χ0) is 13.3. The van der Waals surface area contributed by atoms with Gasteiger partial charge in [0.25, 0.3) is 0 Å². The number of benzene rings is 1. The van der Waals surface area contributed by atoms with Crippen molar-refractivity contribution in [3.05, 3.63) is 29.1 Å². The molecule has 1 aromatic rings. The lowest BCUT2D eigenvalue weighted by atomic mass is 9.95. The number of aliphatic carboxylic acids is 1. The predicted octanol–water partition coefficient (Wildman–Crippen LogP) is 1.88. The normalized spacial score (nSPS) is 23.1. The van der Waals surface area contributed by atoms with Gasteiger partial charge < -0.3 is 15.2 Å². The summed E-state index contributed by atoms with van der Waals surface area (Å²) < 4.78 is 18.8. The Balaban J connectivity index is 2.34. The van der Waals surface area contributed by atoms with Crippen LogP contribution in [0.4, 0.5) is 4.39 Å². The van der Waals surface area contributed by atoms with Crippen LogP contribution < -0.4 is 10.1 Å². The molecule has 0 spiro atoms. The van der Waals surface area contributed by atoms with Crippen molar-refractivity contribution in [3.63, 3.8) is 0 Å². The summed E-state index contributed by atoms with van der Waals surface area (Å²) in [5.41, 5.74) is 1.24. The second-order valence-corrected chi connectivity index (χ2v) is 4.52. The van der Waals surface area contributed by atoms with E-state index in [1.54, 1.807) is 13.0 Å². The number of nitrogens with one attached hydrogen (secondary N) is 1. The molecule has 0 aromatic heterocycles. The second-order valence-electron chi connectivity index (χ2n) is 4.52. The van der Waals surface area contributed by atoms with Crippen LogP contribution in [0, 0.1) is 18.7 Å². The van der Waals surface area contributed by atoms with Crippen LogP contribution in [0.2, 0.25) is 0 Å². The largest absolute Gasteiger partial charge is 0.496 e. The monoisotopic (exact) mass is 253 g/mol. The minimum atomic E-state index is -0.821. The van der Waals surface area contributed by atoms with Crippen LogP contribution in [0.15, 0.2) is 12.1 Å². The van der Waals surface area contributed by atoms with Crippen molar-refractivity contribution in [2.75, 3.05) is 13.7 Å². The van der Waals surface area contributed by atoms with Gasteiger partial charge in [0, 0.05) is 18.2 Å². The van der Waals surface area contributed by atoms with Crippen LogP contribution in [0.5, 0.6) is 5.75 Å². The summed E-state index contributed by atoms with van der Waals surface area (Å²) in [4.78, 5) is 10.9. The molecule has 1 heterocycles. The van der Waals surface area contributed by atoms with Crippen molar-refractivity contribution in [3.8, 4) is 5.75 Å². The first-order valence-electron chi connectivity index (χ1n) is 5.83. The van der Waals surface area contributed by atoms with E-state index in [0.717, 1.165) is 5.56 Å². The molecular formula is C13H16FNO3. The molecule has 0 saturated carbocycles. The number of methoxy groups -OCH3 is 1. The minimum Gasteiger partial charge on any atom is -0.496 e. The van der Waals surface area contributed by atoms with E-state index >= 15 is 0 Å². The Hall–Kier alpha value is -1.62. The van der Waals surface area contributed by atoms with Crippen LogP contribution in [0.1, 0.15) is 23.6 Å². The van der Waals surface area contributed by atoms with E-state index in [1.807, 2.05) is 0 Å². The minimum absolute atomic E-state index is 0.170. The smallest absolute Gasteiger partial charge is 0.307 e. The third-order valence-electron chi connectivity index (χ3n) is 3.46. The molecule has 1 aliphatic rings. The molecule has 2 N–H and O–H groups in total. The number of carboxylic acids is 1. The predicted molar refractivity (Wildman–Crippen MR) is 64.2 cm³/mol. The van der Waals surface area contributed by atoms with Crippen LogP contribution in [0.3, 0.4) is 0 Å². The molecule has 0 aliphatic carbocycles. The van der Waals surface area contributed by atoms with Crippen LogP contribution in [-0.2, 0) is 4.79 Å². The van der Waals surface area contributed by atoms with Gasteiger partial charge in [0.05, 0.1) is 13.0 Å². The maximum atomic E-state index is 13.6. The fourth-order valence-corrected chi connectivity index (χ4v) is 2.43. The molecule has 18 heavy (non-hydrogen) atoms. The number of carbonyl (C=O) groups is 1. The molecule has 2 atom stereocenters.